The van der Waals surface area contributed by atoms with Crippen molar-refractivity contribution in [2.24, 2.45) is 0 Å². The summed E-state index contributed by atoms with van der Waals surface area (Å²) in [5.41, 5.74) is 4.40. The number of para-hydroxylation sites is 3. The number of likely N-dealkylation sites (tertiary alicyclic amines) is 1. The van der Waals surface area contributed by atoms with Crippen LogP contribution in [0, 0.1) is 6.92 Å². The molecule has 2 aliphatic heterocycles. The van der Waals surface area contributed by atoms with E-state index in [0.29, 0.717) is 24.8 Å². The molecule has 7 nitrogen and oxygen atoms in total. The molecule has 5 rings (SSSR count). The average Bonchev–Trinajstić information content (AvgIpc) is 3.47. The minimum Gasteiger partial charge on any atom is -0.339 e. The molecule has 1 saturated heterocycles. The third kappa shape index (κ3) is 3.33. The van der Waals surface area contributed by atoms with Crippen LogP contribution in [0.15, 0.2) is 53.1 Å². The number of benzene rings is 2. The summed E-state index contributed by atoms with van der Waals surface area (Å²) in [5.74, 6) is 1.34. The molecule has 148 valence electrons. The van der Waals surface area contributed by atoms with Crippen LogP contribution in [0.25, 0.3) is 0 Å². The molecule has 0 saturated carbocycles. The lowest BCUT2D eigenvalue weighted by Crippen LogP contribution is -2.33. The average molecular weight is 389 g/mol. The molecule has 2 aromatic carbocycles. The Bertz CT molecular complexity index is 1050. The molecule has 0 radical (unpaired) electrons. The molecular formula is C22H23N5O2. The Labute approximate surface area is 169 Å². The second-order valence-corrected chi connectivity index (χ2v) is 7.59. The first-order chi connectivity index (χ1) is 14.2. The van der Waals surface area contributed by atoms with Gasteiger partial charge in [-0.15, -0.1) is 0 Å². The van der Waals surface area contributed by atoms with Gasteiger partial charge in [0.25, 0.3) is 0 Å². The van der Waals surface area contributed by atoms with E-state index in [2.05, 4.69) is 50.7 Å². The Hall–Kier alpha value is -3.35. The fourth-order valence-electron chi connectivity index (χ4n) is 4.22. The summed E-state index contributed by atoms with van der Waals surface area (Å²) in [5, 5.41) is 6.98. The molecule has 0 bridgehead atoms. The minimum absolute atomic E-state index is 0.0938. The van der Waals surface area contributed by atoms with Crippen molar-refractivity contribution in [1.82, 2.24) is 15.0 Å². The fourth-order valence-corrected chi connectivity index (χ4v) is 4.22. The maximum Gasteiger partial charge on any atom is 0.321 e. The van der Waals surface area contributed by atoms with Gasteiger partial charge in [0, 0.05) is 25.3 Å². The number of hydrogen-bond acceptors (Lipinski definition) is 5. The normalized spacial score (nSPS) is 18.2. The summed E-state index contributed by atoms with van der Waals surface area (Å²) in [7, 11) is 0. The van der Waals surface area contributed by atoms with Crippen LogP contribution in [0.4, 0.5) is 21.9 Å². The van der Waals surface area contributed by atoms with Crippen LogP contribution in [0.5, 0.6) is 0 Å². The van der Waals surface area contributed by atoms with Crippen LogP contribution in [0.1, 0.15) is 29.6 Å². The van der Waals surface area contributed by atoms with Gasteiger partial charge in [-0.1, -0.05) is 35.5 Å². The lowest BCUT2D eigenvalue weighted by molar-refractivity contribution is 0.221. The lowest BCUT2D eigenvalue weighted by Gasteiger charge is -2.24. The second-order valence-electron chi connectivity index (χ2n) is 7.59. The number of aromatic nitrogens is 2. The van der Waals surface area contributed by atoms with Crippen LogP contribution >= 0.6 is 0 Å². The van der Waals surface area contributed by atoms with Crippen molar-refractivity contribution in [2.45, 2.75) is 25.7 Å². The van der Waals surface area contributed by atoms with Crippen LogP contribution in [-0.4, -0.2) is 40.7 Å². The lowest BCUT2D eigenvalue weighted by atomic mass is 10.1. The quantitative estimate of drug-likeness (QED) is 0.730. The molecular weight excluding hydrogens is 366 g/mol. The first-order valence-electron chi connectivity index (χ1n) is 9.99. The van der Waals surface area contributed by atoms with Crippen molar-refractivity contribution >= 4 is 23.1 Å². The van der Waals surface area contributed by atoms with Gasteiger partial charge >= 0.3 is 6.03 Å². The Morgan fingerprint density at radius 2 is 1.90 bits per heavy atom. The van der Waals surface area contributed by atoms with Gasteiger partial charge in [0.2, 0.25) is 5.89 Å². The van der Waals surface area contributed by atoms with Gasteiger partial charge in [-0.2, -0.15) is 4.98 Å². The number of carbonyl (C=O) groups is 1. The van der Waals surface area contributed by atoms with Crippen LogP contribution in [-0.2, 0) is 6.42 Å². The van der Waals surface area contributed by atoms with Gasteiger partial charge in [0.1, 0.15) is 0 Å². The Morgan fingerprint density at radius 3 is 2.72 bits per heavy atom. The minimum atomic E-state index is -0.0938. The van der Waals surface area contributed by atoms with Crippen molar-refractivity contribution < 1.29 is 9.32 Å². The van der Waals surface area contributed by atoms with Crippen molar-refractivity contribution in [3.63, 3.8) is 0 Å². The van der Waals surface area contributed by atoms with E-state index in [-0.39, 0.29) is 11.9 Å². The summed E-state index contributed by atoms with van der Waals surface area (Å²) in [6.07, 6.45) is 1.84. The molecule has 0 aliphatic carbocycles. The van der Waals surface area contributed by atoms with Crippen LogP contribution < -0.4 is 10.2 Å². The first kappa shape index (κ1) is 17.7. The Morgan fingerprint density at radius 1 is 1.10 bits per heavy atom. The van der Waals surface area contributed by atoms with E-state index < -0.39 is 0 Å². The van der Waals surface area contributed by atoms with Crippen LogP contribution in [0.3, 0.4) is 0 Å². The molecule has 2 amide bonds. The monoisotopic (exact) mass is 389 g/mol. The highest BCUT2D eigenvalue weighted by Gasteiger charge is 2.31. The second kappa shape index (κ2) is 7.24. The van der Waals surface area contributed by atoms with E-state index in [9.17, 15) is 4.79 Å². The molecule has 7 heteroatoms. The van der Waals surface area contributed by atoms with E-state index in [4.69, 9.17) is 4.52 Å². The van der Waals surface area contributed by atoms with Crippen molar-refractivity contribution in [3.8, 4) is 0 Å². The van der Waals surface area contributed by atoms with Gasteiger partial charge in [-0.05, 0) is 43.5 Å². The molecule has 2 aliphatic rings. The predicted octanol–water partition coefficient (Wildman–Crippen LogP) is 4.09. The first-order valence-corrected chi connectivity index (χ1v) is 9.99. The number of nitrogens with zero attached hydrogens (tertiary/aromatic N) is 4. The number of anilines is 3. The molecule has 1 atom stereocenters. The molecule has 29 heavy (non-hydrogen) atoms. The van der Waals surface area contributed by atoms with Crippen molar-refractivity contribution in [3.05, 3.63) is 65.8 Å². The molecule has 1 N–H and O–H groups in total. The summed E-state index contributed by atoms with van der Waals surface area (Å²) in [6.45, 7) is 3.98. The smallest absolute Gasteiger partial charge is 0.321 e. The van der Waals surface area contributed by atoms with Crippen molar-refractivity contribution in [1.29, 1.82) is 0 Å². The van der Waals surface area contributed by atoms with Gasteiger partial charge in [-0.25, -0.2) is 4.79 Å². The SMILES string of the molecule is Cc1noc(C2CCN(C(=O)Nc3ccccc3N3CCc4ccccc43)C2)n1. The number of aryl methyl sites for hydroxylation is 1. The Kier molecular flexibility index (Phi) is 4.42. The molecule has 1 fully saturated rings. The van der Waals surface area contributed by atoms with Gasteiger partial charge in [-0.3, -0.25) is 0 Å². The highest BCUT2D eigenvalue weighted by atomic mass is 16.5. The third-order valence-electron chi connectivity index (χ3n) is 5.69. The topological polar surface area (TPSA) is 74.5 Å². The van der Waals surface area contributed by atoms with E-state index in [0.717, 1.165) is 30.8 Å². The van der Waals surface area contributed by atoms with E-state index in [1.807, 2.05) is 23.1 Å². The van der Waals surface area contributed by atoms with E-state index in [1.54, 1.807) is 6.92 Å². The third-order valence-corrected chi connectivity index (χ3v) is 5.69. The Balaban J connectivity index is 1.32. The maximum absolute atomic E-state index is 12.9. The molecule has 0 spiro atoms. The zero-order valence-corrected chi connectivity index (χ0v) is 16.3. The number of hydrogen-bond donors (Lipinski definition) is 1. The highest BCUT2D eigenvalue weighted by molar-refractivity contribution is 5.94. The zero-order chi connectivity index (χ0) is 19.8. The molecule has 1 unspecified atom stereocenters. The number of amides is 2. The number of rotatable bonds is 3. The number of carbonyl (C=O) groups excluding carboxylic acids is 1. The van der Waals surface area contributed by atoms with Gasteiger partial charge in [0.15, 0.2) is 5.82 Å². The number of fused-ring (bicyclic) bond motifs is 1. The summed E-state index contributed by atoms with van der Waals surface area (Å²) >= 11 is 0. The predicted molar refractivity (Wildman–Crippen MR) is 111 cm³/mol. The largest absolute Gasteiger partial charge is 0.339 e. The highest BCUT2D eigenvalue weighted by Crippen LogP contribution is 2.38. The number of urea groups is 1. The van der Waals surface area contributed by atoms with E-state index >= 15 is 0 Å². The maximum atomic E-state index is 12.9. The van der Waals surface area contributed by atoms with Gasteiger partial charge < -0.3 is 19.6 Å². The van der Waals surface area contributed by atoms with Gasteiger partial charge in [0.05, 0.1) is 17.3 Å². The summed E-state index contributed by atoms with van der Waals surface area (Å²) in [4.78, 5) is 21.3. The zero-order valence-electron chi connectivity index (χ0n) is 16.3. The summed E-state index contributed by atoms with van der Waals surface area (Å²) in [6, 6.07) is 16.3. The fraction of sp³-hybridized carbons (Fsp3) is 0.318. The molecule has 3 aromatic rings. The molecule has 3 heterocycles. The standard InChI is InChI=1S/C22H23N5O2/c1-15-23-21(29-25-15)17-10-12-26(14-17)22(28)24-18-7-3-5-9-20(18)27-13-11-16-6-2-4-8-19(16)27/h2-9,17H,10-14H2,1H3,(H,24,28). The molecule has 1 aromatic heterocycles. The van der Waals surface area contributed by atoms with Crippen LogP contribution in [0.2, 0.25) is 0 Å². The summed E-state index contributed by atoms with van der Waals surface area (Å²) < 4.78 is 5.29. The van der Waals surface area contributed by atoms with E-state index in [1.165, 1.54) is 11.3 Å². The number of nitrogens with one attached hydrogen (secondary N) is 1. The van der Waals surface area contributed by atoms with Crippen molar-refractivity contribution in [2.75, 3.05) is 29.9 Å².